The average molecular weight is 345 g/mol. The Morgan fingerprint density at radius 2 is 2.05 bits per heavy atom. The molecule has 1 saturated carbocycles. The summed E-state index contributed by atoms with van der Waals surface area (Å²) in [6.07, 6.45) is 4.33. The summed E-state index contributed by atoms with van der Waals surface area (Å²) in [6, 6.07) is 5.89. The van der Waals surface area contributed by atoms with Gasteiger partial charge in [0, 0.05) is 23.1 Å². The van der Waals surface area contributed by atoms with Gasteiger partial charge >= 0.3 is 0 Å². The fraction of sp³-hybridized carbons (Fsp3) is 0.533. The zero-order valence-corrected chi connectivity index (χ0v) is 13.7. The summed E-state index contributed by atoms with van der Waals surface area (Å²) in [7, 11) is 1.86. The largest absolute Gasteiger partial charge is 0.337 e. The summed E-state index contributed by atoms with van der Waals surface area (Å²) in [6.45, 7) is 2.01. The average Bonchev–Trinajstić information content (AvgIpc) is 2.41. The maximum atomic E-state index is 12.5. The van der Waals surface area contributed by atoms with Gasteiger partial charge in [-0.1, -0.05) is 34.8 Å². The van der Waals surface area contributed by atoms with E-state index in [0.717, 1.165) is 34.9 Å². The van der Waals surface area contributed by atoms with Crippen molar-refractivity contribution >= 4 is 33.4 Å². The highest BCUT2D eigenvalue weighted by molar-refractivity contribution is 9.10. The number of amides is 1. The SMILES string of the molecule is Cc1ccc(C(=O)N(C)C2CCCCC2Cl)cc1Br. The lowest BCUT2D eigenvalue weighted by atomic mass is 9.93. The topological polar surface area (TPSA) is 20.3 Å². The van der Waals surface area contributed by atoms with Gasteiger partial charge in [-0.15, -0.1) is 11.6 Å². The second kappa shape index (κ2) is 6.27. The summed E-state index contributed by atoms with van der Waals surface area (Å²) in [4.78, 5) is 14.3. The predicted octanol–water partition coefficient (Wildman–Crippen LogP) is 4.38. The quantitative estimate of drug-likeness (QED) is 0.729. The summed E-state index contributed by atoms with van der Waals surface area (Å²) in [5.41, 5.74) is 1.85. The van der Waals surface area contributed by atoms with Crippen molar-refractivity contribution in [2.45, 2.75) is 44.0 Å². The van der Waals surface area contributed by atoms with Crippen LogP contribution in [-0.4, -0.2) is 29.3 Å². The molecule has 4 heteroatoms. The van der Waals surface area contributed by atoms with Gasteiger partial charge in [0.2, 0.25) is 0 Å². The van der Waals surface area contributed by atoms with Gasteiger partial charge in [0.25, 0.3) is 5.91 Å². The number of hydrogen-bond acceptors (Lipinski definition) is 1. The third-order valence-electron chi connectivity index (χ3n) is 3.88. The summed E-state index contributed by atoms with van der Waals surface area (Å²) in [5, 5.41) is 0.0802. The van der Waals surface area contributed by atoms with Crippen LogP contribution in [0.15, 0.2) is 22.7 Å². The number of alkyl halides is 1. The van der Waals surface area contributed by atoms with Crippen molar-refractivity contribution in [3.8, 4) is 0 Å². The number of carbonyl (C=O) groups excluding carboxylic acids is 1. The Balaban J connectivity index is 2.15. The van der Waals surface area contributed by atoms with E-state index in [4.69, 9.17) is 11.6 Å². The molecule has 1 aliphatic carbocycles. The van der Waals surface area contributed by atoms with Crippen molar-refractivity contribution < 1.29 is 4.79 Å². The zero-order chi connectivity index (χ0) is 14.0. The molecule has 2 nitrogen and oxygen atoms in total. The fourth-order valence-electron chi connectivity index (χ4n) is 2.58. The van der Waals surface area contributed by atoms with Crippen molar-refractivity contribution in [1.82, 2.24) is 4.90 Å². The number of halogens is 2. The molecule has 0 saturated heterocycles. The molecule has 1 aliphatic rings. The molecule has 2 unspecified atom stereocenters. The second-order valence-corrected chi connectivity index (χ2v) is 6.66. The summed E-state index contributed by atoms with van der Waals surface area (Å²) < 4.78 is 0.970. The molecule has 1 fully saturated rings. The third kappa shape index (κ3) is 3.32. The molecule has 2 atom stereocenters. The molecule has 1 aromatic carbocycles. The Kier molecular flexibility index (Phi) is 4.91. The molecule has 0 aromatic heterocycles. The lowest BCUT2D eigenvalue weighted by Gasteiger charge is -2.35. The van der Waals surface area contributed by atoms with Crippen molar-refractivity contribution in [2.24, 2.45) is 0 Å². The monoisotopic (exact) mass is 343 g/mol. The van der Waals surface area contributed by atoms with Crippen LogP contribution in [0.1, 0.15) is 41.6 Å². The number of carbonyl (C=O) groups is 1. The number of nitrogens with zero attached hydrogens (tertiary/aromatic N) is 1. The molecule has 19 heavy (non-hydrogen) atoms. The van der Waals surface area contributed by atoms with Crippen molar-refractivity contribution in [3.63, 3.8) is 0 Å². The summed E-state index contributed by atoms with van der Waals surface area (Å²) in [5.74, 6) is 0.0539. The zero-order valence-electron chi connectivity index (χ0n) is 11.3. The molecule has 0 radical (unpaired) electrons. The van der Waals surface area contributed by atoms with Crippen molar-refractivity contribution in [1.29, 1.82) is 0 Å². The Morgan fingerprint density at radius 3 is 2.68 bits per heavy atom. The second-order valence-electron chi connectivity index (χ2n) is 5.25. The van der Waals surface area contributed by atoms with Gasteiger partial charge in [-0.25, -0.2) is 0 Å². The molecule has 0 N–H and O–H groups in total. The maximum Gasteiger partial charge on any atom is 0.253 e. The molecule has 0 bridgehead atoms. The van der Waals surface area contributed by atoms with E-state index in [9.17, 15) is 4.79 Å². The van der Waals surface area contributed by atoms with E-state index in [-0.39, 0.29) is 17.3 Å². The van der Waals surface area contributed by atoms with Crippen molar-refractivity contribution in [3.05, 3.63) is 33.8 Å². The lowest BCUT2D eigenvalue weighted by molar-refractivity contribution is 0.0700. The number of benzene rings is 1. The number of hydrogen-bond donors (Lipinski definition) is 0. The van der Waals surface area contributed by atoms with Gasteiger partial charge in [-0.05, 0) is 37.5 Å². The third-order valence-corrected chi connectivity index (χ3v) is 5.25. The van der Waals surface area contributed by atoms with Crippen LogP contribution in [0.5, 0.6) is 0 Å². The molecule has 0 spiro atoms. The summed E-state index contributed by atoms with van der Waals surface area (Å²) >= 11 is 9.84. The molecule has 104 valence electrons. The molecular formula is C15H19BrClNO. The van der Waals surface area contributed by atoms with E-state index < -0.39 is 0 Å². The normalized spacial score (nSPS) is 23.2. The minimum atomic E-state index is 0.0539. The smallest absolute Gasteiger partial charge is 0.253 e. The van der Waals surface area contributed by atoms with Crippen LogP contribution >= 0.6 is 27.5 Å². The standard InChI is InChI=1S/C15H19BrClNO/c1-10-7-8-11(9-12(10)16)15(19)18(2)14-6-4-3-5-13(14)17/h7-9,13-14H,3-6H2,1-2H3. The Morgan fingerprint density at radius 1 is 1.37 bits per heavy atom. The van der Waals surface area contributed by atoms with E-state index >= 15 is 0 Å². The fourth-order valence-corrected chi connectivity index (χ4v) is 3.41. The highest BCUT2D eigenvalue weighted by Crippen LogP contribution is 2.28. The first-order chi connectivity index (χ1) is 9.00. The first-order valence-corrected chi connectivity index (χ1v) is 7.91. The Bertz CT molecular complexity index is 477. The van der Waals surface area contributed by atoms with E-state index in [1.165, 1.54) is 6.42 Å². The molecule has 1 aromatic rings. The first-order valence-electron chi connectivity index (χ1n) is 6.68. The minimum absolute atomic E-state index is 0.0539. The van der Waals surface area contributed by atoms with Gasteiger partial charge < -0.3 is 4.90 Å². The van der Waals surface area contributed by atoms with E-state index in [1.54, 1.807) is 0 Å². The Labute approximate surface area is 128 Å². The highest BCUT2D eigenvalue weighted by atomic mass is 79.9. The predicted molar refractivity (Wildman–Crippen MR) is 82.9 cm³/mol. The van der Waals surface area contributed by atoms with Crippen LogP contribution in [0, 0.1) is 6.92 Å². The maximum absolute atomic E-state index is 12.5. The van der Waals surface area contributed by atoms with Gasteiger partial charge in [0.05, 0.1) is 5.38 Å². The highest BCUT2D eigenvalue weighted by Gasteiger charge is 2.29. The van der Waals surface area contributed by atoms with Crippen LogP contribution < -0.4 is 0 Å². The van der Waals surface area contributed by atoms with Gasteiger partial charge in [0.15, 0.2) is 0 Å². The van der Waals surface area contributed by atoms with E-state index in [0.29, 0.717) is 0 Å². The number of rotatable bonds is 2. The van der Waals surface area contributed by atoms with Crippen LogP contribution in [0.4, 0.5) is 0 Å². The molecule has 2 rings (SSSR count). The van der Waals surface area contributed by atoms with E-state index in [1.807, 2.05) is 37.1 Å². The van der Waals surface area contributed by atoms with Crippen LogP contribution in [-0.2, 0) is 0 Å². The van der Waals surface area contributed by atoms with Crippen LogP contribution in [0.2, 0.25) is 0 Å². The van der Waals surface area contributed by atoms with Crippen LogP contribution in [0.3, 0.4) is 0 Å². The molecular weight excluding hydrogens is 326 g/mol. The lowest BCUT2D eigenvalue weighted by Crippen LogP contribution is -2.44. The van der Waals surface area contributed by atoms with Gasteiger partial charge in [-0.2, -0.15) is 0 Å². The van der Waals surface area contributed by atoms with Gasteiger partial charge in [0.1, 0.15) is 0 Å². The minimum Gasteiger partial charge on any atom is -0.337 e. The number of aryl methyl sites for hydroxylation is 1. The molecule has 0 heterocycles. The van der Waals surface area contributed by atoms with Crippen molar-refractivity contribution in [2.75, 3.05) is 7.05 Å². The van der Waals surface area contributed by atoms with Crippen LogP contribution in [0.25, 0.3) is 0 Å². The van der Waals surface area contributed by atoms with Gasteiger partial charge in [-0.3, -0.25) is 4.79 Å². The molecule has 1 amide bonds. The molecule has 0 aliphatic heterocycles. The Hall–Kier alpha value is -0.540. The van der Waals surface area contributed by atoms with E-state index in [2.05, 4.69) is 15.9 Å². The first kappa shape index (κ1) is 14.9.